The van der Waals surface area contributed by atoms with E-state index in [2.05, 4.69) is 34.7 Å². The smallest absolute Gasteiger partial charge is 0.226 e. The third kappa shape index (κ3) is 6.37. The van der Waals surface area contributed by atoms with E-state index in [1.165, 1.54) is 0 Å². The first kappa shape index (κ1) is 18.6. The summed E-state index contributed by atoms with van der Waals surface area (Å²) >= 11 is 0. The van der Waals surface area contributed by atoms with Gasteiger partial charge in [0.2, 0.25) is 5.91 Å². The Bertz CT molecular complexity index is 703. The number of azo groups is 1. The molecule has 2 aromatic rings. The number of nitrogens with zero attached hydrogens (tertiary/aromatic N) is 2. The van der Waals surface area contributed by atoms with Crippen LogP contribution in [0.1, 0.15) is 27.7 Å². The van der Waals surface area contributed by atoms with Crippen LogP contribution in [0.4, 0.5) is 22.7 Å². The molecule has 0 bridgehead atoms. The van der Waals surface area contributed by atoms with E-state index >= 15 is 0 Å². The lowest BCUT2D eigenvalue weighted by molar-refractivity contribution is -0.118. The van der Waals surface area contributed by atoms with Crippen molar-refractivity contribution >= 4 is 28.7 Å². The molecule has 0 aromatic heterocycles. The Labute approximate surface area is 149 Å². The van der Waals surface area contributed by atoms with Crippen LogP contribution in [0.5, 0.6) is 0 Å². The molecule has 0 aliphatic heterocycles. The van der Waals surface area contributed by atoms with Gasteiger partial charge >= 0.3 is 0 Å². The number of nitrogens with one attached hydrogen (secondary N) is 2. The summed E-state index contributed by atoms with van der Waals surface area (Å²) in [5, 5.41) is 14.7. The highest BCUT2D eigenvalue weighted by Gasteiger charge is 2.06. The second-order valence-corrected chi connectivity index (χ2v) is 6.71. The summed E-state index contributed by atoms with van der Waals surface area (Å²) in [6.07, 6.45) is 0. The fourth-order valence-electron chi connectivity index (χ4n) is 1.98. The van der Waals surface area contributed by atoms with Gasteiger partial charge in [-0.25, -0.2) is 0 Å². The number of carbonyl (C=O) groups is 1. The van der Waals surface area contributed by atoms with E-state index in [-0.39, 0.29) is 11.8 Å². The van der Waals surface area contributed by atoms with Gasteiger partial charge in [0.05, 0.1) is 11.4 Å². The largest absolute Gasteiger partial charge is 0.385 e. The summed E-state index contributed by atoms with van der Waals surface area (Å²) in [6.45, 7) is 9.02. The number of amides is 1. The maximum atomic E-state index is 11.7. The predicted molar refractivity (Wildman–Crippen MR) is 104 cm³/mol. The number of hydrogen-bond acceptors (Lipinski definition) is 4. The second-order valence-electron chi connectivity index (χ2n) is 6.71. The van der Waals surface area contributed by atoms with Gasteiger partial charge < -0.3 is 10.6 Å². The van der Waals surface area contributed by atoms with E-state index in [4.69, 9.17) is 0 Å². The Morgan fingerprint density at radius 3 is 1.76 bits per heavy atom. The lowest BCUT2D eigenvalue weighted by Crippen LogP contribution is -2.17. The fourth-order valence-corrected chi connectivity index (χ4v) is 1.98. The van der Waals surface area contributed by atoms with Crippen LogP contribution in [-0.2, 0) is 4.79 Å². The van der Waals surface area contributed by atoms with Crippen molar-refractivity contribution in [2.45, 2.75) is 27.7 Å². The lowest BCUT2D eigenvalue weighted by Gasteiger charge is -2.08. The van der Waals surface area contributed by atoms with Crippen molar-refractivity contribution in [1.82, 2.24) is 0 Å². The Hall–Kier alpha value is -2.69. The molecule has 0 aliphatic carbocycles. The van der Waals surface area contributed by atoms with E-state index in [9.17, 15) is 4.79 Å². The maximum absolute atomic E-state index is 11.7. The third-order valence-corrected chi connectivity index (χ3v) is 3.52. The van der Waals surface area contributed by atoms with E-state index in [1.54, 1.807) is 0 Å². The van der Waals surface area contributed by atoms with Gasteiger partial charge in [0.25, 0.3) is 0 Å². The molecule has 5 nitrogen and oxygen atoms in total. The Morgan fingerprint density at radius 1 is 0.840 bits per heavy atom. The molecule has 2 N–H and O–H groups in total. The topological polar surface area (TPSA) is 65.8 Å². The molecule has 0 radical (unpaired) electrons. The number of carbonyl (C=O) groups excluding carboxylic acids is 1. The van der Waals surface area contributed by atoms with Gasteiger partial charge in [0.15, 0.2) is 0 Å². The van der Waals surface area contributed by atoms with Gasteiger partial charge in [-0.2, -0.15) is 10.2 Å². The van der Waals surface area contributed by atoms with Crippen molar-refractivity contribution in [2.75, 3.05) is 17.2 Å². The second kappa shape index (κ2) is 8.97. The molecule has 0 spiro atoms. The zero-order valence-corrected chi connectivity index (χ0v) is 15.3. The molecule has 25 heavy (non-hydrogen) atoms. The molecule has 132 valence electrons. The van der Waals surface area contributed by atoms with Crippen molar-refractivity contribution in [3.05, 3.63) is 48.5 Å². The minimum absolute atomic E-state index is 0.000502. The highest BCUT2D eigenvalue weighted by Crippen LogP contribution is 2.22. The van der Waals surface area contributed by atoms with E-state index < -0.39 is 0 Å². The highest BCUT2D eigenvalue weighted by atomic mass is 16.1. The summed E-state index contributed by atoms with van der Waals surface area (Å²) in [4.78, 5) is 11.7. The Balaban J connectivity index is 1.93. The van der Waals surface area contributed by atoms with Gasteiger partial charge in [-0.05, 0) is 54.4 Å². The van der Waals surface area contributed by atoms with Crippen LogP contribution in [0.25, 0.3) is 0 Å². The molecule has 0 heterocycles. The van der Waals surface area contributed by atoms with Crippen LogP contribution in [0, 0.1) is 11.8 Å². The van der Waals surface area contributed by atoms with Crippen molar-refractivity contribution in [3.8, 4) is 0 Å². The number of anilines is 2. The minimum Gasteiger partial charge on any atom is -0.385 e. The van der Waals surface area contributed by atoms with E-state index in [0.717, 1.165) is 29.3 Å². The molecule has 0 saturated carbocycles. The van der Waals surface area contributed by atoms with E-state index in [0.29, 0.717) is 5.92 Å². The molecule has 0 fully saturated rings. The van der Waals surface area contributed by atoms with Gasteiger partial charge in [-0.3, -0.25) is 4.79 Å². The zero-order valence-electron chi connectivity index (χ0n) is 15.3. The van der Waals surface area contributed by atoms with Crippen LogP contribution < -0.4 is 10.6 Å². The van der Waals surface area contributed by atoms with Gasteiger partial charge in [0.1, 0.15) is 0 Å². The Kier molecular flexibility index (Phi) is 6.69. The van der Waals surface area contributed by atoms with Crippen molar-refractivity contribution < 1.29 is 4.79 Å². The molecule has 5 heteroatoms. The fraction of sp³-hybridized carbons (Fsp3) is 0.350. The first-order valence-corrected chi connectivity index (χ1v) is 8.60. The number of benzene rings is 2. The minimum atomic E-state index is -0.0441. The molecular formula is C20H26N4O. The van der Waals surface area contributed by atoms with Gasteiger partial charge in [-0.15, -0.1) is 0 Å². The summed E-state index contributed by atoms with van der Waals surface area (Å²) in [6, 6.07) is 15.2. The molecule has 0 unspecified atom stereocenters. The summed E-state index contributed by atoms with van der Waals surface area (Å²) in [5.74, 6) is 0.561. The molecule has 2 rings (SSSR count). The molecule has 2 aromatic carbocycles. The van der Waals surface area contributed by atoms with Crippen LogP contribution in [-0.4, -0.2) is 12.5 Å². The van der Waals surface area contributed by atoms with Crippen molar-refractivity contribution in [2.24, 2.45) is 22.1 Å². The van der Waals surface area contributed by atoms with Crippen LogP contribution >= 0.6 is 0 Å². The summed E-state index contributed by atoms with van der Waals surface area (Å²) < 4.78 is 0. The predicted octanol–water partition coefficient (Wildman–Crippen LogP) is 5.76. The lowest BCUT2D eigenvalue weighted by atomic mass is 10.2. The molecule has 0 aliphatic rings. The zero-order chi connectivity index (χ0) is 18.2. The maximum Gasteiger partial charge on any atom is 0.226 e. The van der Waals surface area contributed by atoms with Crippen molar-refractivity contribution in [3.63, 3.8) is 0 Å². The summed E-state index contributed by atoms with van der Waals surface area (Å²) in [5.41, 5.74) is 3.38. The molecule has 1 amide bonds. The SMILES string of the molecule is CC(C)CNc1ccc(/N=N/c2ccc(NC(=O)C(C)C)cc2)cc1. The Morgan fingerprint density at radius 2 is 1.32 bits per heavy atom. The van der Waals surface area contributed by atoms with Crippen LogP contribution in [0.15, 0.2) is 58.8 Å². The van der Waals surface area contributed by atoms with Crippen LogP contribution in [0.3, 0.4) is 0 Å². The van der Waals surface area contributed by atoms with E-state index in [1.807, 2.05) is 62.4 Å². The molecule has 0 saturated heterocycles. The third-order valence-electron chi connectivity index (χ3n) is 3.52. The van der Waals surface area contributed by atoms with Crippen LogP contribution in [0.2, 0.25) is 0 Å². The number of hydrogen-bond donors (Lipinski definition) is 2. The first-order valence-electron chi connectivity index (χ1n) is 8.60. The highest BCUT2D eigenvalue weighted by molar-refractivity contribution is 5.92. The average Bonchev–Trinajstić information content (AvgIpc) is 2.60. The average molecular weight is 338 g/mol. The summed E-state index contributed by atoms with van der Waals surface area (Å²) in [7, 11) is 0. The standard InChI is InChI=1S/C20H26N4O/c1-14(2)13-21-16-5-9-18(10-6-16)23-24-19-11-7-17(8-12-19)22-20(25)15(3)4/h5-12,14-15,21H,13H2,1-4H3,(H,22,25)/b24-23+. The monoisotopic (exact) mass is 338 g/mol. The first-order chi connectivity index (χ1) is 11.9. The van der Waals surface area contributed by atoms with Crippen molar-refractivity contribution in [1.29, 1.82) is 0 Å². The quantitative estimate of drug-likeness (QED) is 0.630. The molecular weight excluding hydrogens is 312 g/mol. The normalized spacial score (nSPS) is 11.3. The van der Waals surface area contributed by atoms with Gasteiger partial charge in [0, 0.05) is 23.8 Å². The number of rotatable bonds is 7. The van der Waals surface area contributed by atoms with Gasteiger partial charge in [-0.1, -0.05) is 27.7 Å². The molecule has 0 atom stereocenters.